The van der Waals surface area contributed by atoms with Crippen molar-refractivity contribution >= 4 is 0 Å². The number of benzene rings is 1. The summed E-state index contributed by atoms with van der Waals surface area (Å²) in [6.45, 7) is 2.25. The van der Waals surface area contributed by atoms with Gasteiger partial charge in [-0.3, -0.25) is 0 Å². The molecule has 0 saturated carbocycles. The normalized spacial score (nSPS) is 35.3. The molecule has 0 aliphatic carbocycles. The van der Waals surface area contributed by atoms with Gasteiger partial charge < -0.3 is 19.3 Å². The summed E-state index contributed by atoms with van der Waals surface area (Å²) in [4.78, 5) is 0. The summed E-state index contributed by atoms with van der Waals surface area (Å²) < 4.78 is 16.9. The second-order valence-corrected chi connectivity index (χ2v) is 4.66. The van der Waals surface area contributed by atoms with Gasteiger partial charge in [-0.1, -0.05) is 30.3 Å². The number of aliphatic hydroxyl groups excluding tert-OH is 1. The average Bonchev–Trinajstić information content (AvgIpc) is 2.44. The molecule has 0 unspecified atom stereocenters. The van der Waals surface area contributed by atoms with E-state index in [0.29, 0.717) is 6.61 Å². The monoisotopic (exact) mass is 248 g/mol. The fourth-order valence-electron chi connectivity index (χ4n) is 2.25. The molecule has 18 heavy (non-hydrogen) atoms. The van der Waals surface area contributed by atoms with Gasteiger partial charge in [-0.25, -0.2) is 0 Å². The largest absolute Gasteiger partial charge is 0.493 e. The molecular weight excluding hydrogens is 232 g/mol. The summed E-state index contributed by atoms with van der Waals surface area (Å²) in [5, 5.41) is 10.1. The van der Waals surface area contributed by atoms with Crippen LogP contribution in [0.3, 0.4) is 0 Å². The second kappa shape index (κ2) is 4.72. The van der Waals surface area contributed by atoms with Gasteiger partial charge in [0.15, 0.2) is 12.4 Å². The van der Waals surface area contributed by atoms with Gasteiger partial charge in [0.25, 0.3) is 0 Å². The topological polar surface area (TPSA) is 47.9 Å². The van der Waals surface area contributed by atoms with Crippen LogP contribution in [0.5, 0.6) is 0 Å². The lowest BCUT2D eigenvalue weighted by molar-refractivity contribution is -0.277. The van der Waals surface area contributed by atoms with Crippen LogP contribution in [0.25, 0.3) is 0 Å². The summed E-state index contributed by atoms with van der Waals surface area (Å²) >= 11 is 0. The van der Waals surface area contributed by atoms with Crippen LogP contribution in [-0.2, 0) is 14.2 Å². The summed E-state index contributed by atoms with van der Waals surface area (Å²) in [5.74, 6) is 0. The minimum absolute atomic E-state index is 0.233. The molecule has 2 aliphatic rings. The smallest absolute Gasteiger partial charge is 0.184 e. The molecule has 0 radical (unpaired) electrons. The molecule has 0 spiro atoms. The zero-order valence-corrected chi connectivity index (χ0v) is 10.2. The molecule has 2 aliphatic heterocycles. The molecule has 96 valence electrons. The Labute approximate surface area is 106 Å². The van der Waals surface area contributed by atoms with Crippen LogP contribution < -0.4 is 0 Å². The van der Waals surface area contributed by atoms with Crippen molar-refractivity contribution in [3.8, 4) is 0 Å². The quantitative estimate of drug-likeness (QED) is 0.822. The number of fused-ring (bicyclic) bond motifs is 1. The lowest BCUT2D eigenvalue weighted by atomic mass is 9.99. The number of ether oxygens (including phenoxy) is 3. The molecule has 0 amide bonds. The predicted molar refractivity (Wildman–Crippen MR) is 64.6 cm³/mol. The molecule has 4 heteroatoms. The minimum Gasteiger partial charge on any atom is -0.493 e. The zero-order valence-electron chi connectivity index (χ0n) is 10.2. The lowest BCUT2D eigenvalue weighted by Crippen LogP contribution is -2.50. The summed E-state index contributed by atoms with van der Waals surface area (Å²) in [6.07, 6.45) is -0.0745. The predicted octanol–water partition coefficient (Wildman–Crippen LogP) is 1.76. The Morgan fingerprint density at radius 1 is 1.22 bits per heavy atom. The Morgan fingerprint density at radius 3 is 2.78 bits per heavy atom. The maximum absolute atomic E-state index is 10.1. The molecule has 1 aromatic rings. The van der Waals surface area contributed by atoms with E-state index >= 15 is 0 Å². The first-order valence-electron chi connectivity index (χ1n) is 6.08. The summed E-state index contributed by atoms with van der Waals surface area (Å²) in [5.41, 5.74) is 1.74. The van der Waals surface area contributed by atoms with Crippen LogP contribution in [-0.4, -0.2) is 30.0 Å². The van der Waals surface area contributed by atoms with Crippen molar-refractivity contribution < 1.29 is 19.3 Å². The van der Waals surface area contributed by atoms with Crippen LogP contribution >= 0.6 is 0 Å². The molecule has 3 rings (SSSR count). The molecule has 0 bridgehead atoms. The molecule has 1 N–H and O–H groups in total. The van der Waals surface area contributed by atoms with Crippen molar-refractivity contribution in [2.24, 2.45) is 0 Å². The highest BCUT2D eigenvalue weighted by Gasteiger charge is 2.41. The van der Waals surface area contributed by atoms with E-state index < -0.39 is 12.4 Å². The molecule has 2 heterocycles. The van der Waals surface area contributed by atoms with E-state index in [1.807, 2.05) is 37.3 Å². The van der Waals surface area contributed by atoms with Crippen LogP contribution in [0, 0.1) is 0 Å². The fraction of sp³-hybridized carbons (Fsp3) is 0.429. The SMILES string of the molecule is CC1=CO[C@@H]2CO[C@@H](c3ccccc3)O[C@H]2[C@H]1O. The van der Waals surface area contributed by atoms with Gasteiger partial charge >= 0.3 is 0 Å². The highest BCUT2D eigenvalue weighted by molar-refractivity contribution is 5.17. The third-order valence-corrected chi connectivity index (χ3v) is 3.34. The summed E-state index contributed by atoms with van der Waals surface area (Å²) in [7, 11) is 0. The molecule has 4 nitrogen and oxygen atoms in total. The van der Waals surface area contributed by atoms with Crippen molar-refractivity contribution in [1.82, 2.24) is 0 Å². The first-order valence-corrected chi connectivity index (χ1v) is 6.08. The Bertz CT molecular complexity index is 442. The van der Waals surface area contributed by atoms with Gasteiger partial charge in [0.2, 0.25) is 0 Å². The number of hydrogen-bond acceptors (Lipinski definition) is 4. The average molecular weight is 248 g/mol. The van der Waals surface area contributed by atoms with Gasteiger partial charge in [0.1, 0.15) is 12.2 Å². The van der Waals surface area contributed by atoms with Gasteiger partial charge in [-0.15, -0.1) is 0 Å². The third kappa shape index (κ3) is 2.03. The van der Waals surface area contributed by atoms with E-state index in [1.54, 1.807) is 6.26 Å². The maximum atomic E-state index is 10.1. The Morgan fingerprint density at radius 2 is 2.00 bits per heavy atom. The first kappa shape index (κ1) is 11.7. The van der Waals surface area contributed by atoms with Crippen molar-refractivity contribution in [3.63, 3.8) is 0 Å². The molecular formula is C14H16O4. The molecule has 1 aromatic carbocycles. The zero-order chi connectivity index (χ0) is 12.5. The standard InChI is InChI=1S/C14H16O4/c1-9-7-16-11-8-17-14(18-13(11)12(9)15)10-5-3-2-4-6-10/h2-7,11-15H,8H2,1H3/t11-,12+,13-,14-/m1/s1. The summed E-state index contributed by atoms with van der Waals surface area (Å²) in [6, 6.07) is 9.72. The van der Waals surface area contributed by atoms with E-state index in [2.05, 4.69) is 0 Å². The Kier molecular flexibility index (Phi) is 3.07. The van der Waals surface area contributed by atoms with Crippen molar-refractivity contribution in [1.29, 1.82) is 0 Å². The van der Waals surface area contributed by atoms with Crippen molar-refractivity contribution in [2.75, 3.05) is 6.61 Å². The highest BCUT2D eigenvalue weighted by Crippen LogP contribution is 2.32. The lowest BCUT2D eigenvalue weighted by Gasteiger charge is -2.40. The second-order valence-electron chi connectivity index (χ2n) is 4.66. The molecule has 1 fully saturated rings. The highest BCUT2D eigenvalue weighted by atomic mass is 16.7. The number of aliphatic hydroxyl groups is 1. The Hall–Kier alpha value is -1.36. The van der Waals surface area contributed by atoms with Gasteiger partial charge in [-0.05, 0) is 12.5 Å². The van der Waals surface area contributed by atoms with E-state index in [1.165, 1.54) is 0 Å². The fourth-order valence-corrected chi connectivity index (χ4v) is 2.25. The van der Waals surface area contributed by atoms with Crippen molar-refractivity contribution in [2.45, 2.75) is 31.5 Å². The number of hydrogen-bond donors (Lipinski definition) is 1. The van der Waals surface area contributed by atoms with Crippen LogP contribution in [0.1, 0.15) is 18.8 Å². The van der Waals surface area contributed by atoms with Crippen LogP contribution in [0.15, 0.2) is 42.2 Å². The molecule has 0 aromatic heterocycles. The van der Waals surface area contributed by atoms with E-state index in [-0.39, 0.29) is 12.2 Å². The maximum Gasteiger partial charge on any atom is 0.184 e. The number of rotatable bonds is 1. The van der Waals surface area contributed by atoms with E-state index in [0.717, 1.165) is 11.1 Å². The third-order valence-electron chi connectivity index (χ3n) is 3.34. The van der Waals surface area contributed by atoms with Crippen LogP contribution in [0.2, 0.25) is 0 Å². The van der Waals surface area contributed by atoms with Gasteiger partial charge in [-0.2, -0.15) is 0 Å². The van der Waals surface area contributed by atoms with Gasteiger partial charge in [0, 0.05) is 5.56 Å². The molecule has 4 atom stereocenters. The van der Waals surface area contributed by atoms with E-state index in [4.69, 9.17) is 14.2 Å². The van der Waals surface area contributed by atoms with Crippen LogP contribution in [0.4, 0.5) is 0 Å². The minimum atomic E-state index is -0.626. The van der Waals surface area contributed by atoms with Crippen molar-refractivity contribution in [3.05, 3.63) is 47.7 Å². The first-order chi connectivity index (χ1) is 8.75. The van der Waals surface area contributed by atoms with E-state index in [9.17, 15) is 5.11 Å². The Balaban J connectivity index is 1.78. The van der Waals surface area contributed by atoms with Gasteiger partial charge in [0.05, 0.1) is 12.9 Å². The molecule has 1 saturated heterocycles.